The molecule has 1 fully saturated rings. The van der Waals surface area contributed by atoms with Gasteiger partial charge < -0.3 is 9.30 Å². The van der Waals surface area contributed by atoms with Crippen molar-refractivity contribution < 1.29 is 4.74 Å². The topological polar surface area (TPSA) is 33.5 Å². The summed E-state index contributed by atoms with van der Waals surface area (Å²) in [5, 5.41) is 0.791. The summed E-state index contributed by atoms with van der Waals surface area (Å²) in [5.74, 6) is 2.02. The maximum absolute atomic E-state index is 6.03. The number of para-hydroxylation sites is 3. The monoisotopic (exact) mass is 460 g/mol. The number of aromatic nitrogens is 2. The van der Waals surface area contributed by atoms with Crippen molar-refractivity contribution in [3.63, 3.8) is 0 Å². The Balaban J connectivity index is 1.30. The van der Waals surface area contributed by atoms with E-state index in [2.05, 4.69) is 62.9 Å². The fraction of sp³-hybridized carbons (Fsp3) is 0.296. The Kier molecular flexibility index (Phi) is 6.63. The lowest BCUT2D eigenvalue weighted by Gasteiger charge is -2.34. The van der Waals surface area contributed by atoms with Gasteiger partial charge in [-0.15, -0.1) is 0 Å². The van der Waals surface area contributed by atoms with Crippen molar-refractivity contribution >= 4 is 22.6 Å². The molecule has 0 saturated carbocycles. The second-order valence-corrected chi connectivity index (χ2v) is 9.03. The molecule has 0 radical (unpaired) electrons. The van der Waals surface area contributed by atoms with Crippen LogP contribution in [0.1, 0.15) is 17.0 Å². The Hall–Kier alpha value is -2.86. The molecule has 0 bridgehead atoms. The minimum absolute atomic E-state index is 0.746. The highest BCUT2D eigenvalue weighted by Gasteiger charge is 2.20. The highest BCUT2D eigenvalue weighted by Crippen LogP contribution is 2.24. The van der Waals surface area contributed by atoms with E-state index in [1.165, 1.54) is 11.1 Å². The molecule has 1 saturated heterocycles. The average molecular weight is 461 g/mol. The van der Waals surface area contributed by atoms with Crippen LogP contribution in [-0.2, 0) is 19.6 Å². The quantitative estimate of drug-likeness (QED) is 0.386. The molecule has 0 N–H and O–H groups in total. The summed E-state index contributed by atoms with van der Waals surface area (Å²) in [6, 6.07) is 24.8. The van der Waals surface area contributed by atoms with Crippen LogP contribution in [0.3, 0.4) is 0 Å². The zero-order valence-corrected chi connectivity index (χ0v) is 19.7. The van der Waals surface area contributed by atoms with Crippen LogP contribution in [0.15, 0.2) is 72.8 Å². The molecule has 33 heavy (non-hydrogen) atoms. The molecule has 5 nitrogen and oxygen atoms in total. The van der Waals surface area contributed by atoms with E-state index in [0.29, 0.717) is 0 Å². The van der Waals surface area contributed by atoms with Gasteiger partial charge in [-0.3, -0.25) is 9.80 Å². The summed E-state index contributed by atoms with van der Waals surface area (Å²) in [6.45, 7) is 6.73. The number of imidazole rings is 1. The van der Waals surface area contributed by atoms with Crippen molar-refractivity contribution in [3.8, 4) is 5.75 Å². The van der Waals surface area contributed by atoms with Crippen molar-refractivity contribution in [2.75, 3.05) is 33.3 Å². The molecular weight excluding hydrogens is 432 g/mol. The summed E-state index contributed by atoms with van der Waals surface area (Å²) in [6.07, 6.45) is 0. The molecule has 5 rings (SSSR count). The van der Waals surface area contributed by atoms with E-state index < -0.39 is 0 Å². The first-order valence-corrected chi connectivity index (χ1v) is 11.8. The average Bonchev–Trinajstić information content (AvgIpc) is 3.19. The standard InChI is InChI=1S/C27H29ClN4O/c1-33-26-9-5-2-6-22(26)19-32-25-8-4-3-7-24(25)29-27(32)20-31-16-14-30(15-17-31)18-21-10-12-23(28)13-11-21/h2-13H,14-20H2,1H3. The molecule has 1 aliphatic rings. The van der Waals surface area contributed by atoms with Crippen LogP contribution in [0.2, 0.25) is 5.02 Å². The lowest BCUT2D eigenvalue weighted by molar-refractivity contribution is 0.119. The number of fused-ring (bicyclic) bond motifs is 1. The Morgan fingerprint density at radius 1 is 0.788 bits per heavy atom. The molecule has 4 aromatic rings. The number of piperazine rings is 1. The van der Waals surface area contributed by atoms with Gasteiger partial charge in [0.15, 0.2) is 0 Å². The number of hydrogen-bond acceptors (Lipinski definition) is 4. The summed E-state index contributed by atoms with van der Waals surface area (Å²) < 4.78 is 7.95. The third-order valence-electron chi connectivity index (χ3n) is 6.40. The fourth-order valence-electron chi connectivity index (χ4n) is 4.58. The molecule has 0 unspecified atom stereocenters. The van der Waals surface area contributed by atoms with Crippen LogP contribution in [0.4, 0.5) is 0 Å². The Morgan fingerprint density at radius 3 is 2.21 bits per heavy atom. The van der Waals surface area contributed by atoms with Gasteiger partial charge in [-0.25, -0.2) is 4.98 Å². The van der Waals surface area contributed by atoms with E-state index in [1.54, 1.807) is 7.11 Å². The minimum atomic E-state index is 0.746. The second kappa shape index (κ2) is 9.96. The highest BCUT2D eigenvalue weighted by molar-refractivity contribution is 6.30. The van der Waals surface area contributed by atoms with Crippen LogP contribution in [0.5, 0.6) is 5.75 Å². The summed E-state index contributed by atoms with van der Waals surface area (Å²) >= 11 is 6.03. The van der Waals surface area contributed by atoms with Gasteiger partial charge >= 0.3 is 0 Å². The van der Waals surface area contributed by atoms with Crippen molar-refractivity contribution in [1.29, 1.82) is 0 Å². The zero-order valence-electron chi connectivity index (χ0n) is 19.0. The number of rotatable bonds is 7. The van der Waals surface area contributed by atoms with Crippen molar-refractivity contribution in [2.45, 2.75) is 19.6 Å². The lowest BCUT2D eigenvalue weighted by atomic mass is 10.2. The number of nitrogens with zero attached hydrogens (tertiary/aromatic N) is 4. The Labute approximate surface area is 200 Å². The molecular formula is C27H29ClN4O. The predicted molar refractivity (Wildman–Crippen MR) is 134 cm³/mol. The third-order valence-corrected chi connectivity index (χ3v) is 6.66. The SMILES string of the molecule is COc1ccccc1Cn1c(CN2CCN(Cc3ccc(Cl)cc3)CC2)nc2ccccc21. The number of methoxy groups -OCH3 is 1. The minimum Gasteiger partial charge on any atom is -0.496 e. The predicted octanol–water partition coefficient (Wildman–Crippen LogP) is 5.06. The van der Waals surface area contributed by atoms with Gasteiger partial charge in [-0.05, 0) is 35.9 Å². The van der Waals surface area contributed by atoms with E-state index in [9.17, 15) is 0 Å². The molecule has 0 aliphatic carbocycles. The van der Waals surface area contributed by atoms with Crippen molar-refractivity contribution in [1.82, 2.24) is 19.4 Å². The van der Waals surface area contributed by atoms with E-state index in [0.717, 1.165) is 73.5 Å². The third kappa shape index (κ3) is 5.06. The van der Waals surface area contributed by atoms with Crippen LogP contribution in [0, 0.1) is 0 Å². The van der Waals surface area contributed by atoms with Crippen molar-refractivity contribution in [2.24, 2.45) is 0 Å². The lowest BCUT2D eigenvalue weighted by Crippen LogP contribution is -2.45. The molecule has 2 heterocycles. The van der Waals surface area contributed by atoms with Crippen LogP contribution < -0.4 is 4.74 Å². The maximum Gasteiger partial charge on any atom is 0.124 e. The first-order valence-electron chi connectivity index (χ1n) is 11.4. The first-order chi connectivity index (χ1) is 16.2. The number of hydrogen-bond donors (Lipinski definition) is 0. The van der Waals surface area contributed by atoms with Crippen LogP contribution in [-0.4, -0.2) is 52.6 Å². The number of ether oxygens (including phenoxy) is 1. The van der Waals surface area contributed by atoms with E-state index in [1.807, 2.05) is 24.3 Å². The van der Waals surface area contributed by atoms with Gasteiger partial charge in [-0.2, -0.15) is 0 Å². The molecule has 6 heteroatoms. The van der Waals surface area contributed by atoms with Gasteiger partial charge in [0.2, 0.25) is 0 Å². The molecule has 3 aromatic carbocycles. The second-order valence-electron chi connectivity index (χ2n) is 8.59. The van der Waals surface area contributed by atoms with Gasteiger partial charge in [0.05, 0.1) is 31.2 Å². The van der Waals surface area contributed by atoms with E-state index in [-0.39, 0.29) is 0 Å². The molecule has 1 aliphatic heterocycles. The van der Waals surface area contributed by atoms with E-state index >= 15 is 0 Å². The number of benzene rings is 3. The molecule has 170 valence electrons. The van der Waals surface area contributed by atoms with Crippen molar-refractivity contribution in [3.05, 3.63) is 94.8 Å². The number of halogens is 1. The summed E-state index contributed by atoms with van der Waals surface area (Å²) in [5.41, 5.74) is 4.69. The van der Waals surface area contributed by atoms with Crippen LogP contribution in [0.25, 0.3) is 11.0 Å². The highest BCUT2D eigenvalue weighted by atomic mass is 35.5. The van der Waals surface area contributed by atoms with Gasteiger partial charge in [0.25, 0.3) is 0 Å². The van der Waals surface area contributed by atoms with Gasteiger partial charge in [-0.1, -0.05) is 54.1 Å². The molecule has 0 atom stereocenters. The van der Waals surface area contributed by atoms with Gasteiger partial charge in [0, 0.05) is 43.3 Å². The molecule has 0 amide bonds. The fourth-order valence-corrected chi connectivity index (χ4v) is 4.71. The summed E-state index contributed by atoms with van der Waals surface area (Å²) in [4.78, 5) is 10.0. The van der Waals surface area contributed by atoms with E-state index in [4.69, 9.17) is 21.3 Å². The zero-order chi connectivity index (χ0) is 22.6. The normalized spacial score (nSPS) is 15.2. The first kappa shape index (κ1) is 22.0. The molecule has 0 spiro atoms. The smallest absolute Gasteiger partial charge is 0.124 e. The van der Waals surface area contributed by atoms with Crippen LogP contribution >= 0.6 is 11.6 Å². The largest absolute Gasteiger partial charge is 0.496 e. The Morgan fingerprint density at radius 2 is 1.45 bits per heavy atom. The maximum atomic E-state index is 6.03. The van der Waals surface area contributed by atoms with Gasteiger partial charge in [0.1, 0.15) is 11.6 Å². The molecule has 1 aromatic heterocycles. The summed E-state index contributed by atoms with van der Waals surface area (Å²) in [7, 11) is 1.73. The Bertz CT molecular complexity index is 1210.